The summed E-state index contributed by atoms with van der Waals surface area (Å²) in [5.74, 6) is -0.526. The molecule has 0 radical (unpaired) electrons. The van der Waals surface area contributed by atoms with Crippen molar-refractivity contribution in [3.8, 4) is 5.69 Å². The number of hydrogen-bond acceptors (Lipinski definition) is 6. The molecule has 0 bridgehead atoms. The number of carbonyl (C=O) groups is 1. The van der Waals surface area contributed by atoms with Crippen LogP contribution in [0.2, 0.25) is 0 Å². The number of halogens is 1. The molecule has 0 spiro atoms. The van der Waals surface area contributed by atoms with Gasteiger partial charge in [-0.25, -0.2) is 9.37 Å². The van der Waals surface area contributed by atoms with E-state index in [0.29, 0.717) is 13.1 Å². The molecule has 0 atom stereocenters. The van der Waals surface area contributed by atoms with Crippen molar-refractivity contribution in [3.63, 3.8) is 0 Å². The maximum Gasteiger partial charge on any atom is 0.270 e. The molecule has 148 valence electrons. The molecular formula is C19H16FN5O4. The van der Waals surface area contributed by atoms with Crippen molar-refractivity contribution in [2.75, 3.05) is 19.6 Å². The van der Waals surface area contributed by atoms with Gasteiger partial charge in [-0.05, 0) is 18.2 Å². The number of piperazine rings is 1. The Bertz CT molecular complexity index is 1190. The third-order valence-electron chi connectivity index (χ3n) is 4.71. The second-order valence-electron chi connectivity index (χ2n) is 6.64. The van der Waals surface area contributed by atoms with Crippen LogP contribution in [0.3, 0.4) is 0 Å². The molecule has 9 nitrogen and oxygen atoms in total. The van der Waals surface area contributed by atoms with E-state index < -0.39 is 16.3 Å². The normalized spacial score (nSPS) is 14.7. The summed E-state index contributed by atoms with van der Waals surface area (Å²) in [7, 11) is 0. The number of nitrogens with zero attached hydrogens (tertiary/aromatic N) is 4. The molecule has 1 aliphatic rings. The van der Waals surface area contributed by atoms with Crippen LogP contribution in [0, 0.1) is 15.9 Å². The van der Waals surface area contributed by atoms with Crippen molar-refractivity contribution in [1.82, 2.24) is 19.8 Å². The molecule has 4 rings (SSSR count). The summed E-state index contributed by atoms with van der Waals surface area (Å²) in [6.07, 6.45) is 0. The lowest BCUT2D eigenvalue weighted by Crippen LogP contribution is -2.47. The van der Waals surface area contributed by atoms with E-state index in [0.717, 1.165) is 10.6 Å². The van der Waals surface area contributed by atoms with Crippen molar-refractivity contribution < 1.29 is 14.1 Å². The fraction of sp³-hybridized carbons (Fsp3) is 0.211. The second kappa shape index (κ2) is 7.40. The van der Waals surface area contributed by atoms with Gasteiger partial charge >= 0.3 is 0 Å². The third kappa shape index (κ3) is 3.57. The number of carbonyl (C=O) groups excluding carboxylic acids is 1. The van der Waals surface area contributed by atoms with Crippen LogP contribution in [0.5, 0.6) is 0 Å². The maximum absolute atomic E-state index is 14.5. The number of nitro groups is 1. The average Bonchev–Trinajstić information content (AvgIpc) is 2.69. The molecule has 10 heteroatoms. The van der Waals surface area contributed by atoms with Crippen molar-refractivity contribution in [2.24, 2.45) is 0 Å². The second-order valence-corrected chi connectivity index (χ2v) is 6.64. The molecule has 1 N–H and O–H groups in total. The molecule has 1 saturated heterocycles. The van der Waals surface area contributed by atoms with Gasteiger partial charge in [0.2, 0.25) is 5.91 Å². The summed E-state index contributed by atoms with van der Waals surface area (Å²) < 4.78 is 15.6. The Morgan fingerprint density at radius 3 is 2.72 bits per heavy atom. The first kappa shape index (κ1) is 18.7. The Morgan fingerprint density at radius 1 is 1.21 bits per heavy atom. The molecule has 1 aliphatic heterocycles. The molecular weight excluding hydrogens is 381 g/mol. The van der Waals surface area contributed by atoms with Crippen LogP contribution >= 0.6 is 0 Å². The van der Waals surface area contributed by atoms with E-state index in [4.69, 9.17) is 0 Å². The number of benzene rings is 2. The average molecular weight is 397 g/mol. The smallest absolute Gasteiger partial charge is 0.270 e. The van der Waals surface area contributed by atoms with Gasteiger partial charge in [-0.2, -0.15) is 0 Å². The first-order valence-corrected chi connectivity index (χ1v) is 8.88. The number of nitrogens with one attached hydrogen (secondary N) is 1. The number of fused-ring (bicyclic) bond motifs is 1. The highest BCUT2D eigenvalue weighted by atomic mass is 19.1. The van der Waals surface area contributed by atoms with Gasteiger partial charge in [-0.3, -0.25) is 29.2 Å². The quantitative estimate of drug-likeness (QED) is 0.526. The number of hydrogen-bond donors (Lipinski definition) is 1. The summed E-state index contributed by atoms with van der Waals surface area (Å²) in [5, 5.41) is 13.8. The van der Waals surface area contributed by atoms with Gasteiger partial charge in [0, 0.05) is 25.2 Å². The van der Waals surface area contributed by atoms with Gasteiger partial charge in [-0.15, -0.1) is 0 Å². The minimum atomic E-state index is -0.626. The minimum absolute atomic E-state index is 0.00475. The molecule has 0 aliphatic carbocycles. The third-order valence-corrected chi connectivity index (χ3v) is 4.71. The van der Waals surface area contributed by atoms with Crippen LogP contribution in [0.1, 0.15) is 5.82 Å². The lowest BCUT2D eigenvalue weighted by Gasteiger charge is -2.27. The molecule has 1 fully saturated rings. The number of rotatable bonds is 4. The zero-order valence-electron chi connectivity index (χ0n) is 15.2. The first-order valence-electron chi connectivity index (χ1n) is 8.88. The van der Waals surface area contributed by atoms with Gasteiger partial charge in [-0.1, -0.05) is 12.1 Å². The number of nitro benzene ring substituents is 1. The van der Waals surface area contributed by atoms with Gasteiger partial charge in [0.25, 0.3) is 11.2 Å². The van der Waals surface area contributed by atoms with Crippen LogP contribution in [0.25, 0.3) is 16.6 Å². The number of para-hydroxylation sites is 1. The van der Waals surface area contributed by atoms with E-state index in [1.807, 2.05) is 0 Å². The number of non-ortho nitro benzene ring substituents is 1. The van der Waals surface area contributed by atoms with Crippen LogP contribution < -0.4 is 10.9 Å². The zero-order chi connectivity index (χ0) is 20.5. The van der Waals surface area contributed by atoms with Gasteiger partial charge in [0.15, 0.2) is 0 Å². The van der Waals surface area contributed by atoms with E-state index in [-0.39, 0.29) is 47.1 Å². The van der Waals surface area contributed by atoms with E-state index in [1.165, 1.54) is 30.3 Å². The highest BCUT2D eigenvalue weighted by Gasteiger charge is 2.22. The predicted octanol–water partition coefficient (Wildman–Crippen LogP) is 1.36. The highest BCUT2D eigenvalue weighted by Crippen LogP contribution is 2.20. The van der Waals surface area contributed by atoms with Crippen molar-refractivity contribution in [1.29, 1.82) is 0 Å². The molecule has 0 unspecified atom stereocenters. The fourth-order valence-electron chi connectivity index (χ4n) is 3.35. The van der Waals surface area contributed by atoms with E-state index >= 15 is 0 Å². The Morgan fingerprint density at radius 2 is 2.00 bits per heavy atom. The van der Waals surface area contributed by atoms with Crippen molar-refractivity contribution in [2.45, 2.75) is 6.54 Å². The molecule has 1 aromatic heterocycles. The highest BCUT2D eigenvalue weighted by molar-refractivity contribution is 5.81. The standard InChI is InChI=1S/C19H16FN5O4/c20-14-3-1-2-4-16(14)24-17(10-23-8-7-21-18(26)11-23)22-15-6-5-12(25(28)29)9-13(15)19(24)27/h1-6,9H,7-8,10-11H2,(H,21,26). The first-order chi connectivity index (χ1) is 13.9. The Hall–Kier alpha value is -3.66. The zero-order valence-corrected chi connectivity index (χ0v) is 15.2. The summed E-state index contributed by atoms with van der Waals surface area (Å²) in [6.45, 7) is 1.29. The van der Waals surface area contributed by atoms with Gasteiger partial charge in [0.1, 0.15) is 11.6 Å². The van der Waals surface area contributed by atoms with Crippen molar-refractivity contribution >= 4 is 22.5 Å². The van der Waals surface area contributed by atoms with E-state index in [9.17, 15) is 24.1 Å². The Labute approximate surface area is 163 Å². The molecule has 3 aromatic rings. The maximum atomic E-state index is 14.5. The van der Waals surface area contributed by atoms with Crippen LogP contribution in [0.15, 0.2) is 47.3 Å². The topological polar surface area (TPSA) is 110 Å². The number of amides is 1. The number of aromatic nitrogens is 2. The van der Waals surface area contributed by atoms with E-state index in [2.05, 4.69) is 10.3 Å². The lowest BCUT2D eigenvalue weighted by atomic mass is 10.2. The Balaban J connectivity index is 1.93. The lowest BCUT2D eigenvalue weighted by molar-refractivity contribution is -0.384. The summed E-state index contributed by atoms with van der Waals surface area (Å²) in [6, 6.07) is 9.54. The monoisotopic (exact) mass is 397 g/mol. The summed E-state index contributed by atoms with van der Waals surface area (Å²) in [5.41, 5.74) is -0.600. The molecule has 2 aromatic carbocycles. The minimum Gasteiger partial charge on any atom is -0.354 e. The van der Waals surface area contributed by atoms with Crippen LogP contribution in [-0.2, 0) is 11.3 Å². The molecule has 2 heterocycles. The molecule has 29 heavy (non-hydrogen) atoms. The molecule has 1 amide bonds. The summed E-state index contributed by atoms with van der Waals surface area (Å²) >= 11 is 0. The summed E-state index contributed by atoms with van der Waals surface area (Å²) in [4.78, 5) is 41.7. The van der Waals surface area contributed by atoms with Gasteiger partial charge < -0.3 is 5.32 Å². The van der Waals surface area contributed by atoms with Crippen molar-refractivity contribution in [3.05, 3.63) is 74.6 Å². The SMILES string of the molecule is O=C1CN(Cc2nc3ccc([N+](=O)[O-])cc3c(=O)n2-c2ccccc2F)CCN1. The molecule has 0 saturated carbocycles. The largest absolute Gasteiger partial charge is 0.354 e. The predicted molar refractivity (Wildman–Crippen MR) is 102 cm³/mol. The van der Waals surface area contributed by atoms with Crippen LogP contribution in [-0.4, -0.2) is 44.9 Å². The Kier molecular flexibility index (Phi) is 4.77. The van der Waals surface area contributed by atoms with E-state index in [1.54, 1.807) is 11.0 Å². The fourth-order valence-corrected chi connectivity index (χ4v) is 3.35. The van der Waals surface area contributed by atoms with Gasteiger partial charge in [0.05, 0.1) is 34.6 Å². The van der Waals surface area contributed by atoms with Crippen LogP contribution in [0.4, 0.5) is 10.1 Å².